The van der Waals surface area contributed by atoms with Gasteiger partial charge in [0.25, 0.3) is 0 Å². The van der Waals surface area contributed by atoms with Crippen molar-refractivity contribution in [3.05, 3.63) is 70.7 Å². The third kappa shape index (κ3) is 5.07. The normalized spacial score (nSPS) is 18.4. The minimum Gasteiger partial charge on any atom is -0.356 e. The highest BCUT2D eigenvalue weighted by molar-refractivity contribution is 6.30. The molecule has 1 saturated carbocycles. The van der Waals surface area contributed by atoms with Crippen LogP contribution in [0.25, 0.3) is 0 Å². The summed E-state index contributed by atoms with van der Waals surface area (Å²) in [4.78, 5) is 24.2. The lowest BCUT2D eigenvalue weighted by Gasteiger charge is -2.06. The van der Waals surface area contributed by atoms with Crippen LogP contribution in [0.5, 0.6) is 0 Å². The summed E-state index contributed by atoms with van der Waals surface area (Å²) in [5.41, 5.74) is 2.18. The predicted octanol–water partition coefficient (Wildman–Crippen LogP) is 2.95. The first kappa shape index (κ1) is 17.5. The molecule has 130 valence electrons. The van der Waals surface area contributed by atoms with Crippen LogP contribution >= 0.6 is 11.6 Å². The summed E-state index contributed by atoms with van der Waals surface area (Å²) in [6.45, 7) is 1.07. The molecule has 2 atom stereocenters. The van der Waals surface area contributed by atoms with Gasteiger partial charge in [-0.3, -0.25) is 9.59 Å². The molecule has 0 radical (unpaired) electrons. The number of amides is 2. The van der Waals surface area contributed by atoms with Gasteiger partial charge in [-0.1, -0.05) is 54.1 Å². The summed E-state index contributed by atoms with van der Waals surface area (Å²) in [6.07, 6.45) is 1.38. The minimum atomic E-state index is -0.195. The van der Waals surface area contributed by atoms with Gasteiger partial charge >= 0.3 is 0 Å². The first-order valence-electron chi connectivity index (χ1n) is 8.47. The van der Waals surface area contributed by atoms with E-state index in [2.05, 4.69) is 10.6 Å². The first-order chi connectivity index (χ1) is 12.1. The van der Waals surface area contributed by atoms with E-state index in [1.165, 1.54) is 0 Å². The van der Waals surface area contributed by atoms with Crippen LogP contribution in [0.2, 0.25) is 5.02 Å². The van der Waals surface area contributed by atoms with Crippen LogP contribution in [0.1, 0.15) is 17.5 Å². The molecule has 1 aliphatic rings. The zero-order valence-corrected chi connectivity index (χ0v) is 14.6. The van der Waals surface area contributed by atoms with Gasteiger partial charge in [-0.2, -0.15) is 0 Å². The van der Waals surface area contributed by atoms with Crippen LogP contribution in [0, 0.1) is 11.8 Å². The van der Waals surface area contributed by atoms with Crippen molar-refractivity contribution in [3.8, 4) is 0 Å². The summed E-state index contributed by atoms with van der Waals surface area (Å²) in [5, 5.41) is 6.52. The number of halogens is 1. The van der Waals surface area contributed by atoms with Gasteiger partial charge in [0.05, 0.1) is 11.8 Å². The highest BCUT2D eigenvalue weighted by Gasteiger charge is 2.47. The van der Waals surface area contributed by atoms with Crippen molar-refractivity contribution in [2.24, 2.45) is 11.8 Å². The lowest BCUT2D eigenvalue weighted by molar-refractivity contribution is -0.127. The second-order valence-electron chi connectivity index (χ2n) is 6.32. The van der Waals surface area contributed by atoms with Gasteiger partial charge in [0.2, 0.25) is 11.8 Å². The van der Waals surface area contributed by atoms with Crippen LogP contribution in [0.15, 0.2) is 54.6 Å². The molecule has 25 heavy (non-hydrogen) atoms. The Hall–Kier alpha value is -2.33. The molecular formula is C20H21ClN2O2. The van der Waals surface area contributed by atoms with Gasteiger partial charge in [0.15, 0.2) is 0 Å². The molecule has 1 fully saturated rings. The maximum Gasteiger partial charge on any atom is 0.224 e. The minimum absolute atomic E-state index is 0.0335. The zero-order valence-electron chi connectivity index (χ0n) is 13.9. The van der Waals surface area contributed by atoms with Crippen molar-refractivity contribution in [3.63, 3.8) is 0 Å². The van der Waals surface area contributed by atoms with E-state index in [9.17, 15) is 9.59 Å². The number of carbonyl (C=O) groups excluding carboxylic acids is 2. The van der Waals surface area contributed by atoms with Crippen molar-refractivity contribution < 1.29 is 9.59 Å². The van der Waals surface area contributed by atoms with Crippen LogP contribution < -0.4 is 10.6 Å². The van der Waals surface area contributed by atoms with Crippen molar-refractivity contribution >= 4 is 23.4 Å². The van der Waals surface area contributed by atoms with Crippen molar-refractivity contribution in [2.75, 3.05) is 6.54 Å². The summed E-state index contributed by atoms with van der Waals surface area (Å²) in [5.74, 6) is -0.462. The van der Waals surface area contributed by atoms with E-state index >= 15 is 0 Å². The van der Waals surface area contributed by atoms with E-state index in [1.807, 2.05) is 54.6 Å². The lowest BCUT2D eigenvalue weighted by Crippen LogP contribution is -2.31. The monoisotopic (exact) mass is 356 g/mol. The Morgan fingerprint density at radius 1 is 0.880 bits per heavy atom. The van der Waals surface area contributed by atoms with Gasteiger partial charge in [0.1, 0.15) is 0 Å². The highest BCUT2D eigenvalue weighted by Crippen LogP contribution is 2.38. The average Bonchev–Trinajstić information content (AvgIpc) is 3.43. The SMILES string of the molecule is O=C(NCCc1ccc(Cl)cc1)C1CC1C(=O)NCc1ccccc1. The fourth-order valence-electron chi connectivity index (χ4n) is 2.80. The summed E-state index contributed by atoms with van der Waals surface area (Å²) >= 11 is 5.85. The van der Waals surface area contributed by atoms with Crippen LogP contribution in [-0.2, 0) is 22.6 Å². The van der Waals surface area contributed by atoms with Gasteiger partial charge < -0.3 is 10.6 Å². The number of rotatable bonds is 7. The molecule has 2 unspecified atom stereocenters. The summed E-state index contributed by atoms with van der Waals surface area (Å²) < 4.78 is 0. The second kappa shape index (κ2) is 8.17. The molecule has 3 rings (SSSR count). The highest BCUT2D eigenvalue weighted by atomic mass is 35.5. The molecule has 0 bridgehead atoms. The molecule has 2 N–H and O–H groups in total. The number of carbonyl (C=O) groups is 2. The predicted molar refractivity (Wildman–Crippen MR) is 98.1 cm³/mol. The van der Waals surface area contributed by atoms with Gasteiger partial charge in [0, 0.05) is 18.1 Å². The second-order valence-corrected chi connectivity index (χ2v) is 6.76. The molecule has 0 aromatic heterocycles. The Labute approximate surface area is 152 Å². The third-order valence-electron chi connectivity index (χ3n) is 4.40. The van der Waals surface area contributed by atoms with E-state index in [-0.39, 0.29) is 23.7 Å². The van der Waals surface area contributed by atoms with Gasteiger partial charge in [-0.25, -0.2) is 0 Å². The van der Waals surface area contributed by atoms with E-state index in [1.54, 1.807) is 0 Å². The molecule has 0 spiro atoms. The average molecular weight is 357 g/mol. The Bertz CT molecular complexity index is 731. The molecule has 2 amide bonds. The maximum atomic E-state index is 12.1. The number of benzene rings is 2. The zero-order chi connectivity index (χ0) is 17.6. The molecule has 1 aliphatic carbocycles. The maximum absolute atomic E-state index is 12.1. The van der Waals surface area contributed by atoms with Crippen LogP contribution in [0.3, 0.4) is 0 Å². The molecule has 5 heteroatoms. The smallest absolute Gasteiger partial charge is 0.224 e. The number of hydrogen-bond acceptors (Lipinski definition) is 2. The lowest BCUT2D eigenvalue weighted by atomic mass is 10.1. The molecule has 4 nitrogen and oxygen atoms in total. The Balaban J connectivity index is 1.36. The number of nitrogens with one attached hydrogen (secondary N) is 2. The van der Waals surface area contributed by atoms with E-state index in [0.29, 0.717) is 24.5 Å². The summed E-state index contributed by atoms with van der Waals surface area (Å²) in [7, 11) is 0. The van der Waals surface area contributed by atoms with E-state index in [0.717, 1.165) is 17.5 Å². The molecule has 2 aromatic carbocycles. The molecule has 0 heterocycles. The Morgan fingerprint density at radius 2 is 1.52 bits per heavy atom. The molecular weight excluding hydrogens is 336 g/mol. The van der Waals surface area contributed by atoms with Gasteiger partial charge in [-0.15, -0.1) is 0 Å². The fraction of sp³-hybridized carbons (Fsp3) is 0.300. The molecule has 0 aliphatic heterocycles. The fourth-order valence-corrected chi connectivity index (χ4v) is 2.93. The van der Waals surface area contributed by atoms with Crippen molar-refractivity contribution in [1.29, 1.82) is 0 Å². The van der Waals surface area contributed by atoms with E-state index < -0.39 is 0 Å². The number of hydrogen-bond donors (Lipinski definition) is 2. The van der Waals surface area contributed by atoms with E-state index in [4.69, 9.17) is 11.6 Å². The van der Waals surface area contributed by atoms with Crippen molar-refractivity contribution in [2.45, 2.75) is 19.4 Å². The quantitative estimate of drug-likeness (QED) is 0.801. The topological polar surface area (TPSA) is 58.2 Å². The Morgan fingerprint density at radius 3 is 2.20 bits per heavy atom. The van der Waals surface area contributed by atoms with Crippen LogP contribution in [-0.4, -0.2) is 18.4 Å². The summed E-state index contributed by atoms with van der Waals surface area (Å²) in [6, 6.07) is 17.3. The Kier molecular flexibility index (Phi) is 5.71. The first-order valence-corrected chi connectivity index (χ1v) is 8.85. The molecule has 2 aromatic rings. The van der Waals surface area contributed by atoms with Crippen molar-refractivity contribution in [1.82, 2.24) is 10.6 Å². The third-order valence-corrected chi connectivity index (χ3v) is 4.65. The largest absolute Gasteiger partial charge is 0.356 e. The standard InChI is InChI=1S/C20H21ClN2O2/c21-16-8-6-14(7-9-16)10-11-22-19(24)17-12-18(17)20(25)23-13-15-4-2-1-3-5-15/h1-9,17-18H,10-13H2,(H,22,24)(H,23,25). The van der Waals surface area contributed by atoms with Crippen LogP contribution in [0.4, 0.5) is 0 Å². The van der Waals surface area contributed by atoms with Gasteiger partial charge in [-0.05, 0) is 36.1 Å². The molecule has 0 saturated heterocycles.